The van der Waals surface area contributed by atoms with Gasteiger partial charge in [0.15, 0.2) is 18.2 Å². The Bertz CT molecular complexity index is 618. The molecule has 0 saturated heterocycles. The summed E-state index contributed by atoms with van der Waals surface area (Å²) in [6, 6.07) is 0. The second-order valence-corrected chi connectivity index (χ2v) is 5.83. The van der Waals surface area contributed by atoms with Gasteiger partial charge in [-0.05, 0) is 26.7 Å². The molecule has 0 amide bonds. The predicted octanol–water partition coefficient (Wildman–Crippen LogP) is 2.73. The Morgan fingerprint density at radius 3 is 2.55 bits per heavy atom. The molecule has 7 nitrogen and oxygen atoms in total. The average molecular weight is 308 g/mol. The highest BCUT2D eigenvalue weighted by Crippen LogP contribution is 2.22. The van der Waals surface area contributed by atoms with Crippen molar-refractivity contribution in [1.29, 1.82) is 0 Å². The van der Waals surface area contributed by atoms with Crippen molar-refractivity contribution in [1.82, 2.24) is 19.9 Å². The van der Waals surface area contributed by atoms with E-state index in [1.165, 1.54) is 0 Å². The zero-order valence-electron chi connectivity index (χ0n) is 14.1. The molecule has 0 saturated carbocycles. The zero-order chi connectivity index (χ0) is 16.3. The van der Waals surface area contributed by atoms with Crippen LogP contribution in [0.5, 0.6) is 5.75 Å². The van der Waals surface area contributed by atoms with Crippen LogP contribution in [0, 0.1) is 19.8 Å². The highest BCUT2D eigenvalue weighted by Gasteiger charge is 2.17. The third-order valence-corrected chi connectivity index (χ3v) is 3.31. The van der Waals surface area contributed by atoms with E-state index in [1.54, 1.807) is 4.68 Å². The summed E-state index contributed by atoms with van der Waals surface area (Å²) in [5.41, 5.74) is 1.80. The van der Waals surface area contributed by atoms with Gasteiger partial charge in [-0.2, -0.15) is 10.1 Å². The fraction of sp³-hybridized carbons (Fsp3) is 0.667. The molecule has 0 aromatic carbocycles. The van der Waals surface area contributed by atoms with Crippen LogP contribution >= 0.6 is 0 Å². The summed E-state index contributed by atoms with van der Waals surface area (Å²) in [6.45, 7) is 10.8. The molecule has 0 fully saturated rings. The lowest BCUT2D eigenvalue weighted by Crippen LogP contribution is -2.08. The molecule has 2 heterocycles. The first-order valence-electron chi connectivity index (χ1n) is 7.45. The third-order valence-electron chi connectivity index (χ3n) is 3.31. The van der Waals surface area contributed by atoms with Crippen molar-refractivity contribution >= 4 is 0 Å². The van der Waals surface area contributed by atoms with E-state index >= 15 is 0 Å². The van der Waals surface area contributed by atoms with E-state index in [1.807, 2.05) is 27.8 Å². The van der Waals surface area contributed by atoms with Gasteiger partial charge in [-0.1, -0.05) is 19.0 Å². The maximum Gasteiger partial charge on any atom is 0.264 e. The van der Waals surface area contributed by atoms with Gasteiger partial charge in [-0.25, -0.2) is 0 Å². The molecule has 0 unspecified atom stereocenters. The summed E-state index contributed by atoms with van der Waals surface area (Å²) in [7, 11) is 1.88. The maximum absolute atomic E-state index is 5.75. The van der Waals surface area contributed by atoms with Gasteiger partial charge in [0.1, 0.15) is 11.8 Å². The Labute approximate surface area is 130 Å². The van der Waals surface area contributed by atoms with E-state index in [0.29, 0.717) is 24.2 Å². The zero-order valence-corrected chi connectivity index (χ0v) is 14.1. The van der Waals surface area contributed by atoms with E-state index in [2.05, 4.69) is 29.1 Å². The third kappa shape index (κ3) is 3.85. The topological polar surface area (TPSA) is 75.2 Å². The summed E-state index contributed by atoms with van der Waals surface area (Å²) in [4.78, 5) is 4.31. The normalized spacial score (nSPS) is 12.9. The van der Waals surface area contributed by atoms with Gasteiger partial charge < -0.3 is 14.0 Å². The molecule has 0 bridgehead atoms. The van der Waals surface area contributed by atoms with Crippen LogP contribution in [0.2, 0.25) is 0 Å². The van der Waals surface area contributed by atoms with Crippen molar-refractivity contribution < 1.29 is 14.0 Å². The van der Waals surface area contributed by atoms with Crippen molar-refractivity contribution in [2.24, 2.45) is 13.0 Å². The molecule has 1 atom stereocenters. The lowest BCUT2D eigenvalue weighted by Gasteiger charge is -2.10. The number of rotatable bonds is 7. The molecule has 2 rings (SSSR count). The van der Waals surface area contributed by atoms with Crippen LogP contribution < -0.4 is 4.74 Å². The lowest BCUT2D eigenvalue weighted by atomic mass is 10.2. The minimum Gasteiger partial charge on any atom is -0.480 e. The number of hydrogen-bond donors (Lipinski definition) is 0. The van der Waals surface area contributed by atoms with Gasteiger partial charge in [0.2, 0.25) is 0 Å². The van der Waals surface area contributed by atoms with E-state index < -0.39 is 0 Å². The lowest BCUT2D eigenvalue weighted by molar-refractivity contribution is 0.0402. The quantitative estimate of drug-likeness (QED) is 0.783. The number of nitrogens with zero attached hydrogens (tertiary/aromatic N) is 4. The molecular formula is C15H24N4O3. The van der Waals surface area contributed by atoms with Crippen molar-refractivity contribution in [2.75, 3.05) is 6.61 Å². The van der Waals surface area contributed by atoms with Crippen LogP contribution in [0.25, 0.3) is 0 Å². The number of hydrogen-bond acceptors (Lipinski definition) is 6. The largest absolute Gasteiger partial charge is 0.480 e. The molecule has 22 heavy (non-hydrogen) atoms. The van der Waals surface area contributed by atoms with E-state index in [-0.39, 0.29) is 12.7 Å². The molecule has 0 aliphatic heterocycles. The highest BCUT2D eigenvalue weighted by molar-refractivity contribution is 5.31. The monoisotopic (exact) mass is 308 g/mol. The number of aryl methyl sites for hydroxylation is 2. The van der Waals surface area contributed by atoms with Gasteiger partial charge in [-0.3, -0.25) is 4.68 Å². The molecule has 122 valence electrons. The van der Waals surface area contributed by atoms with Crippen molar-refractivity contribution in [3.05, 3.63) is 23.1 Å². The van der Waals surface area contributed by atoms with Gasteiger partial charge in [0, 0.05) is 13.7 Å². The maximum atomic E-state index is 5.75. The molecule has 0 aliphatic rings. The highest BCUT2D eigenvalue weighted by atomic mass is 16.5. The van der Waals surface area contributed by atoms with Crippen LogP contribution in [0.15, 0.2) is 4.52 Å². The average Bonchev–Trinajstić information content (AvgIpc) is 3.01. The molecule has 0 spiro atoms. The van der Waals surface area contributed by atoms with Crippen molar-refractivity contribution in [3.8, 4) is 5.75 Å². The van der Waals surface area contributed by atoms with Crippen LogP contribution in [-0.4, -0.2) is 26.5 Å². The summed E-state index contributed by atoms with van der Waals surface area (Å²) in [6.07, 6.45) is -0.193. The van der Waals surface area contributed by atoms with Crippen LogP contribution in [0.3, 0.4) is 0 Å². The van der Waals surface area contributed by atoms with Gasteiger partial charge >= 0.3 is 0 Å². The summed E-state index contributed by atoms with van der Waals surface area (Å²) < 4.78 is 18.4. The Balaban J connectivity index is 1.94. The van der Waals surface area contributed by atoms with Gasteiger partial charge in [0.05, 0.1) is 5.69 Å². The predicted molar refractivity (Wildman–Crippen MR) is 80.5 cm³/mol. The van der Waals surface area contributed by atoms with Crippen LogP contribution in [0.1, 0.15) is 50.0 Å². The SMILES string of the molecule is Cc1nn(C)c(C)c1OCc1nc([C@@H](C)OCC(C)C)no1. The van der Waals surface area contributed by atoms with Crippen LogP contribution in [-0.2, 0) is 18.4 Å². The van der Waals surface area contributed by atoms with Crippen molar-refractivity contribution in [2.45, 2.75) is 47.3 Å². The summed E-state index contributed by atoms with van der Waals surface area (Å²) >= 11 is 0. The Morgan fingerprint density at radius 1 is 1.23 bits per heavy atom. The van der Waals surface area contributed by atoms with Gasteiger partial charge in [-0.15, -0.1) is 0 Å². The first-order chi connectivity index (χ1) is 10.4. The van der Waals surface area contributed by atoms with Crippen molar-refractivity contribution in [3.63, 3.8) is 0 Å². The van der Waals surface area contributed by atoms with E-state index in [0.717, 1.165) is 17.1 Å². The molecule has 7 heteroatoms. The molecule has 2 aromatic heterocycles. The Hall–Kier alpha value is -1.89. The second-order valence-electron chi connectivity index (χ2n) is 5.83. The standard InChI is InChI=1S/C15H24N4O3/c1-9(2)7-20-12(5)15-16-13(22-18-15)8-21-14-10(3)17-19(6)11(14)4/h9,12H,7-8H2,1-6H3/t12-/m1/s1. The summed E-state index contributed by atoms with van der Waals surface area (Å²) in [5, 5.41) is 8.25. The Morgan fingerprint density at radius 2 is 1.95 bits per heavy atom. The minimum atomic E-state index is -0.193. The fourth-order valence-corrected chi connectivity index (χ4v) is 2.00. The number of aromatic nitrogens is 4. The van der Waals surface area contributed by atoms with Gasteiger partial charge in [0.25, 0.3) is 5.89 Å². The molecule has 0 N–H and O–H groups in total. The molecular weight excluding hydrogens is 284 g/mol. The van der Waals surface area contributed by atoms with Crippen LogP contribution in [0.4, 0.5) is 0 Å². The molecule has 0 aliphatic carbocycles. The first kappa shape index (κ1) is 16.5. The summed E-state index contributed by atoms with van der Waals surface area (Å²) in [5.74, 6) is 2.19. The smallest absolute Gasteiger partial charge is 0.264 e. The second kappa shape index (κ2) is 6.91. The minimum absolute atomic E-state index is 0.193. The van der Waals surface area contributed by atoms with E-state index in [9.17, 15) is 0 Å². The fourth-order valence-electron chi connectivity index (χ4n) is 2.00. The van der Waals surface area contributed by atoms with E-state index in [4.69, 9.17) is 14.0 Å². The molecule has 2 aromatic rings. The molecule has 0 radical (unpaired) electrons. The number of ether oxygens (including phenoxy) is 2. The Kier molecular flexibility index (Phi) is 5.18. The first-order valence-corrected chi connectivity index (χ1v) is 7.45.